The number of hydrogen-bond donors (Lipinski definition) is 0. The monoisotopic (exact) mass is 269 g/mol. The van der Waals surface area contributed by atoms with Crippen LogP contribution in [0, 0.1) is 15.0 Å². The van der Waals surface area contributed by atoms with Crippen LogP contribution in [0.1, 0.15) is 5.56 Å². The molecule has 0 aliphatic carbocycles. The van der Waals surface area contributed by atoms with Gasteiger partial charge in [-0.25, -0.2) is 4.98 Å². The fourth-order valence-corrected chi connectivity index (χ4v) is 1.54. The summed E-state index contributed by atoms with van der Waals surface area (Å²) in [4.78, 5) is 4.14. The topological polar surface area (TPSA) is 41.1 Å². The molecule has 0 saturated heterocycles. The summed E-state index contributed by atoms with van der Waals surface area (Å²) in [5.41, 5.74) is 1.52. The van der Waals surface area contributed by atoms with Crippen LogP contribution < -0.4 is 0 Å². The van der Waals surface area contributed by atoms with Crippen LogP contribution in [0.4, 0.5) is 0 Å². The number of pyridine rings is 1. The molecule has 0 spiro atoms. The lowest BCUT2D eigenvalue weighted by Gasteiger charge is -1.94. The van der Waals surface area contributed by atoms with Crippen molar-refractivity contribution < 1.29 is 0 Å². The Morgan fingerprint density at radius 2 is 2.33 bits per heavy atom. The molecule has 0 atom stereocenters. The molecular weight excluding hydrogens is 265 g/mol. The lowest BCUT2D eigenvalue weighted by Crippen LogP contribution is -1.87. The highest BCUT2D eigenvalue weighted by Crippen LogP contribution is 2.09. The van der Waals surface area contributed by atoms with Crippen LogP contribution in [0.25, 0.3) is 5.65 Å². The smallest absolute Gasteiger partial charge is 0.137 e. The minimum Gasteiger partial charge on any atom is -0.294 e. The molecule has 0 amide bonds. The van der Waals surface area contributed by atoms with Gasteiger partial charge in [0.25, 0.3) is 0 Å². The van der Waals surface area contributed by atoms with E-state index < -0.39 is 0 Å². The average molecular weight is 269 g/mol. The van der Waals surface area contributed by atoms with Gasteiger partial charge in [0, 0.05) is 6.20 Å². The van der Waals surface area contributed by atoms with Crippen molar-refractivity contribution >= 4 is 28.2 Å². The fraction of sp³-hybridized carbons (Fsp3) is 0. The Morgan fingerprint density at radius 3 is 3.08 bits per heavy atom. The molecule has 3 nitrogen and oxygen atoms in total. The summed E-state index contributed by atoms with van der Waals surface area (Å²) in [5.74, 6) is 0. The molecule has 0 aromatic carbocycles. The second-order valence-electron chi connectivity index (χ2n) is 2.34. The molecule has 2 aromatic heterocycles. The van der Waals surface area contributed by atoms with E-state index in [1.807, 2.05) is 10.5 Å². The number of rotatable bonds is 0. The molecule has 0 saturated carbocycles. The Kier molecular flexibility index (Phi) is 1.73. The number of imidazole rings is 1. The Balaban J connectivity index is 2.82. The van der Waals surface area contributed by atoms with E-state index in [1.165, 1.54) is 0 Å². The van der Waals surface area contributed by atoms with Crippen molar-refractivity contribution in [2.75, 3.05) is 0 Å². The van der Waals surface area contributed by atoms with Gasteiger partial charge >= 0.3 is 0 Å². The Hall–Kier alpha value is -1.09. The minimum absolute atomic E-state index is 0.651. The zero-order chi connectivity index (χ0) is 8.55. The van der Waals surface area contributed by atoms with E-state index in [2.05, 4.69) is 33.6 Å². The predicted molar refractivity (Wildman–Crippen MR) is 52.6 cm³/mol. The molecule has 2 heterocycles. The summed E-state index contributed by atoms with van der Waals surface area (Å²) >= 11 is 2.18. The molecule has 4 heteroatoms. The summed E-state index contributed by atoms with van der Waals surface area (Å²) in [7, 11) is 0. The molecule has 0 unspecified atom stereocenters. The van der Waals surface area contributed by atoms with Crippen LogP contribution in [0.2, 0.25) is 0 Å². The van der Waals surface area contributed by atoms with Crippen LogP contribution >= 0.6 is 22.6 Å². The van der Waals surface area contributed by atoms with E-state index >= 15 is 0 Å². The third-order valence-corrected chi connectivity index (χ3v) is 2.39. The first-order valence-corrected chi connectivity index (χ1v) is 4.42. The van der Waals surface area contributed by atoms with E-state index in [-0.39, 0.29) is 0 Å². The molecule has 0 N–H and O–H groups in total. The highest BCUT2D eigenvalue weighted by atomic mass is 127. The molecule has 2 aromatic rings. The number of nitriles is 1. The highest BCUT2D eigenvalue weighted by molar-refractivity contribution is 14.1. The van der Waals surface area contributed by atoms with E-state index in [0.29, 0.717) is 5.56 Å². The van der Waals surface area contributed by atoms with E-state index in [4.69, 9.17) is 5.26 Å². The molecular formula is C8H4IN3. The van der Waals surface area contributed by atoms with E-state index in [1.54, 1.807) is 18.5 Å². The number of fused-ring (bicyclic) bond motifs is 1. The predicted octanol–water partition coefficient (Wildman–Crippen LogP) is 1.81. The maximum absolute atomic E-state index is 8.64. The Bertz CT molecular complexity index is 467. The molecule has 2 rings (SSSR count). The quantitative estimate of drug-likeness (QED) is 0.684. The average Bonchev–Trinajstić information content (AvgIpc) is 2.47. The van der Waals surface area contributed by atoms with Gasteiger partial charge < -0.3 is 0 Å². The van der Waals surface area contributed by atoms with Crippen molar-refractivity contribution in [1.29, 1.82) is 5.26 Å². The molecule has 0 bridgehead atoms. The maximum Gasteiger partial charge on any atom is 0.137 e. The number of nitrogens with zero attached hydrogens (tertiary/aromatic N) is 3. The zero-order valence-corrected chi connectivity index (χ0v) is 8.19. The molecule has 0 aliphatic heterocycles. The first-order chi connectivity index (χ1) is 5.81. The highest BCUT2D eigenvalue weighted by Gasteiger charge is 1.99. The fourth-order valence-electron chi connectivity index (χ4n) is 1.02. The third-order valence-electron chi connectivity index (χ3n) is 1.59. The summed E-state index contributed by atoms with van der Waals surface area (Å²) in [6.07, 6.45) is 3.56. The number of hydrogen-bond acceptors (Lipinski definition) is 2. The van der Waals surface area contributed by atoms with Gasteiger partial charge in [0.15, 0.2) is 0 Å². The second-order valence-corrected chi connectivity index (χ2v) is 3.44. The van der Waals surface area contributed by atoms with Gasteiger partial charge in [-0.15, -0.1) is 0 Å². The van der Waals surface area contributed by atoms with Crippen molar-refractivity contribution in [3.8, 4) is 6.07 Å². The van der Waals surface area contributed by atoms with Crippen LogP contribution in [-0.4, -0.2) is 9.38 Å². The van der Waals surface area contributed by atoms with Gasteiger partial charge in [-0.05, 0) is 34.7 Å². The third kappa shape index (κ3) is 1.06. The van der Waals surface area contributed by atoms with Gasteiger partial charge in [-0.1, -0.05) is 0 Å². The Morgan fingerprint density at radius 1 is 1.50 bits per heavy atom. The van der Waals surface area contributed by atoms with E-state index in [9.17, 15) is 0 Å². The van der Waals surface area contributed by atoms with Gasteiger partial charge in [-0.3, -0.25) is 4.40 Å². The van der Waals surface area contributed by atoms with Gasteiger partial charge in [0.1, 0.15) is 15.4 Å². The zero-order valence-electron chi connectivity index (χ0n) is 6.03. The molecule has 12 heavy (non-hydrogen) atoms. The summed E-state index contributed by atoms with van der Waals surface area (Å²) in [6.45, 7) is 0. The van der Waals surface area contributed by atoms with Crippen molar-refractivity contribution in [1.82, 2.24) is 9.38 Å². The normalized spacial score (nSPS) is 10.0. The van der Waals surface area contributed by atoms with Crippen LogP contribution in [0.15, 0.2) is 24.5 Å². The lowest BCUT2D eigenvalue weighted by atomic mass is 10.3. The van der Waals surface area contributed by atoms with E-state index in [0.717, 1.165) is 9.35 Å². The van der Waals surface area contributed by atoms with Gasteiger partial charge in [-0.2, -0.15) is 5.26 Å². The van der Waals surface area contributed by atoms with Crippen LogP contribution in [0.3, 0.4) is 0 Å². The molecule has 0 radical (unpaired) electrons. The minimum atomic E-state index is 0.651. The maximum atomic E-state index is 8.64. The van der Waals surface area contributed by atoms with Crippen molar-refractivity contribution in [3.63, 3.8) is 0 Å². The van der Waals surface area contributed by atoms with Crippen molar-refractivity contribution in [2.45, 2.75) is 0 Å². The largest absolute Gasteiger partial charge is 0.294 e. The van der Waals surface area contributed by atoms with Crippen molar-refractivity contribution in [2.24, 2.45) is 0 Å². The summed E-state index contributed by atoms with van der Waals surface area (Å²) < 4.78 is 2.90. The summed E-state index contributed by atoms with van der Waals surface area (Å²) in [5, 5.41) is 8.64. The molecule has 0 aliphatic rings. The molecule has 58 valence electrons. The van der Waals surface area contributed by atoms with Crippen LogP contribution in [0.5, 0.6) is 0 Å². The summed E-state index contributed by atoms with van der Waals surface area (Å²) in [6, 6.07) is 5.68. The van der Waals surface area contributed by atoms with Gasteiger partial charge in [0.2, 0.25) is 0 Å². The second kappa shape index (κ2) is 2.75. The van der Waals surface area contributed by atoms with Gasteiger partial charge in [0.05, 0.1) is 11.8 Å². The molecule has 0 fully saturated rings. The SMILES string of the molecule is N#Cc1ccc2ncc(I)n2c1. The Labute approximate surface area is 82.8 Å². The standard InChI is InChI=1S/C8H4IN3/c9-7-4-11-8-2-1-6(3-10)5-12(7)8/h1-2,4-5H. The first kappa shape index (κ1) is 7.55. The number of halogens is 1. The first-order valence-electron chi connectivity index (χ1n) is 3.34. The number of aromatic nitrogens is 2. The van der Waals surface area contributed by atoms with Crippen LogP contribution in [-0.2, 0) is 0 Å². The van der Waals surface area contributed by atoms with Crippen molar-refractivity contribution in [3.05, 3.63) is 33.8 Å². The lowest BCUT2D eigenvalue weighted by molar-refractivity contribution is 1.14.